The lowest BCUT2D eigenvalue weighted by Gasteiger charge is -2.21. The van der Waals surface area contributed by atoms with Crippen molar-refractivity contribution in [2.75, 3.05) is 19.6 Å². The largest absolute Gasteiger partial charge is 0.390 e. The molecule has 1 amide bonds. The van der Waals surface area contributed by atoms with Crippen LogP contribution in [0.3, 0.4) is 0 Å². The molecule has 1 aliphatic rings. The van der Waals surface area contributed by atoms with Gasteiger partial charge in [-0.2, -0.15) is 13.2 Å². The quantitative estimate of drug-likeness (QED) is 0.807. The lowest BCUT2D eigenvalue weighted by molar-refractivity contribution is -0.136. The number of carbonyl (C=O) groups is 1. The zero-order chi connectivity index (χ0) is 11.3. The van der Waals surface area contributed by atoms with Crippen molar-refractivity contribution in [2.45, 2.75) is 25.4 Å². The molecule has 1 fully saturated rings. The van der Waals surface area contributed by atoms with E-state index in [2.05, 4.69) is 10.6 Å². The monoisotopic (exact) mass is 260 g/mol. The molecule has 1 aliphatic heterocycles. The Morgan fingerprint density at radius 3 is 2.62 bits per heavy atom. The number of carbonyl (C=O) groups excluding carboxylic acids is 1. The molecule has 7 heteroatoms. The van der Waals surface area contributed by atoms with E-state index in [1.807, 2.05) is 0 Å². The number of amides is 1. The molecule has 0 aromatic carbocycles. The standard InChI is InChI=1S/C9H15F3N2O.ClH/c10-9(11,12)3-5-14-8(15)7-2-1-4-13-6-7;/h7,13H,1-6H2,(H,14,15);1H/t7-;/m1./s1. The molecule has 96 valence electrons. The molecular weight excluding hydrogens is 245 g/mol. The molecule has 0 aromatic rings. The van der Waals surface area contributed by atoms with Crippen LogP contribution >= 0.6 is 12.4 Å². The van der Waals surface area contributed by atoms with Gasteiger partial charge in [0, 0.05) is 13.1 Å². The molecule has 2 N–H and O–H groups in total. The van der Waals surface area contributed by atoms with E-state index in [1.165, 1.54) is 0 Å². The molecule has 1 rings (SSSR count). The summed E-state index contributed by atoms with van der Waals surface area (Å²) in [6.45, 7) is 1.13. The number of alkyl halides is 3. The van der Waals surface area contributed by atoms with Crippen molar-refractivity contribution in [3.63, 3.8) is 0 Å². The highest BCUT2D eigenvalue weighted by molar-refractivity contribution is 5.85. The van der Waals surface area contributed by atoms with Crippen molar-refractivity contribution >= 4 is 18.3 Å². The van der Waals surface area contributed by atoms with Gasteiger partial charge in [-0.05, 0) is 19.4 Å². The molecule has 0 saturated carbocycles. The highest BCUT2D eigenvalue weighted by Gasteiger charge is 2.27. The van der Waals surface area contributed by atoms with Crippen molar-refractivity contribution in [3.8, 4) is 0 Å². The first-order chi connectivity index (χ1) is 6.99. The Balaban J connectivity index is 0.00000225. The average molecular weight is 261 g/mol. The molecule has 0 aliphatic carbocycles. The Hall–Kier alpha value is -0.490. The third kappa shape index (κ3) is 6.17. The van der Waals surface area contributed by atoms with Crippen molar-refractivity contribution in [1.82, 2.24) is 10.6 Å². The molecule has 0 spiro atoms. The fourth-order valence-corrected chi connectivity index (χ4v) is 1.55. The molecule has 1 atom stereocenters. The van der Waals surface area contributed by atoms with Gasteiger partial charge in [-0.15, -0.1) is 12.4 Å². The van der Waals surface area contributed by atoms with Crippen molar-refractivity contribution in [1.29, 1.82) is 0 Å². The first-order valence-corrected chi connectivity index (χ1v) is 5.04. The topological polar surface area (TPSA) is 41.1 Å². The molecular formula is C9H16ClF3N2O. The summed E-state index contributed by atoms with van der Waals surface area (Å²) >= 11 is 0. The number of halogens is 4. The zero-order valence-electron chi connectivity index (χ0n) is 8.77. The number of hydrogen-bond acceptors (Lipinski definition) is 2. The van der Waals surface area contributed by atoms with E-state index < -0.39 is 12.6 Å². The maximum atomic E-state index is 11.8. The average Bonchev–Trinajstić information content (AvgIpc) is 2.17. The van der Waals surface area contributed by atoms with Crippen molar-refractivity contribution in [2.24, 2.45) is 5.92 Å². The van der Waals surface area contributed by atoms with Crippen LogP contribution in [0.25, 0.3) is 0 Å². The van der Waals surface area contributed by atoms with E-state index in [0.717, 1.165) is 19.4 Å². The summed E-state index contributed by atoms with van der Waals surface area (Å²) in [4.78, 5) is 11.4. The maximum absolute atomic E-state index is 11.8. The van der Waals surface area contributed by atoms with E-state index in [-0.39, 0.29) is 30.8 Å². The molecule has 1 heterocycles. The summed E-state index contributed by atoms with van der Waals surface area (Å²) in [5, 5.41) is 5.35. The fraction of sp³-hybridized carbons (Fsp3) is 0.889. The second-order valence-electron chi connectivity index (χ2n) is 3.70. The van der Waals surface area contributed by atoms with Gasteiger partial charge in [0.25, 0.3) is 0 Å². The van der Waals surface area contributed by atoms with E-state index in [1.54, 1.807) is 0 Å². The lowest BCUT2D eigenvalue weighted by Crippen LogP contribution is -2.41. The molecule has 3 nitrogen and oxygen atoms in total. The minimum Gasteiger partial charge on any atom is -0.355 e. The summed E-state index contributed by atoms with van der Waals surface area (Å²) in [6.07, 6.45) is -3.50. The van der Waals surface area contributed by atoms with Gasteiger partial charge in [-0.25, -0.2) is 0 Å². The number of nitrogens with one attached hydrogen (secondary N) is 2. The van der Waals surface area contributed by atoms with Gasteiger partial charge in [0.2, 0.25) is 5.91 Å². The van der Waals surface area contributed by atoms with E-state index in [4.69, 9.17) is 0 Å². The predicted molar refractivity (Wildman–Crippen MR) is 56.5 cm³/mol. The molecule has 16 heavy (non-hydrogen) atoms. The predicted octanol–water partition coefficient (Wildman–Crippen LogP) is 1.48. The highest BCUT2D eigenvalue weighted by Crippen LogP contribution is 2.18. The van der Waals surface area contributed by atoms with E-state index in [9.17, 15) is 18.0 Å². The minimum absolute atomic E-state index is 0. The molecule has 0 radical (unpaired) electrons. The maximum Gasteiger partial charge on any atom is 0.390 e. The van der Waals surface area contributed by atoms with Gasteiger partial charge < -0.3 is 10.6 Å². The van der Waals surface area contributed by atoms with E-state index >= 15 is 0 Å². The van der Waals surface area contributed by atoms with Crippen LogP contribution in [0.4, 0.5) is 13.2 Å². The first-order valence-electron chi connectivity index (χ1n) is 5.04. The van der Waals surface area contributed by atoms with Crippen molar-refractivity contribution < 1.29 is 18.0 Å². The Morgan fingerprint density at radius 2 is 2.12 bits per heavy atom. The normalized spacial score (nSPS) is 21.1. The number of hydrogen-bond donors (Lipinski definition) is 2. The summed E-state index contributed by atoms with van der Waals surface area (Å²) in [5.74, 6) is -0.446. The van der Waals surface area contributed by atoms with Crippen LogP contribution in [0.5, 0.6) is 0 Å². The van der Waals surface area contributed by atoms with Gasteiger partial charge in [-0.1, -0.05) is 0 Å². The van der Waals surface area contributed by atoms with Crippen LogP contribution in [-0.4, -0.2) is 31.7 Å². The van der Waals surface area contributed by atoms with Gasteiger partial charge in [0.15, 0.2) is 0 Å². The molecule has 0 unspecified atom stereocenters. The third-order valence-electron chi connectivity index (χ3n) is 2.38. The van der Waals surface area contributed by atoms with E-state index in [0.29, 0.717) is 6.54 Å². The SMILES string of the molecule is Cl.O=C(NCCC(F)(F)F)[C@@H]1CCCNC1. The van der Waals surface area contributed by atoms with Gasteiger partial charge >= 0.3 is 6.18 Å². The summed E-state index contributed by atoms with van der Waals surface area (Å²) in [7, 11) is 0. The Bertz CT molecular complexity index is 217. The Morgan fingerprint density at radius 1 is 1.44 bits per heavy atom. The summed E-state index contributed by atoms with van der Waals surface area (Å²) in [6, 6.07) is 0. The second kappa shape index (κ2) is 6.96. The van der Waals surface area contributed by atoms with Gasteiger partial charge in [0.05, 0.1) is 12.3 Å². The molecule has 0 bridgehead atoms. The summed E-state index contributed by atoms with van der Waals surface area (Å²) in [5.41, 5.74) is 0. The molecule has 0 aromatic heterocycles. The Kier molecular flexibility index (Phi) is 6.74. The lowest BCUT2D eigenvalue weighted by atomic mass is 9.99. The number of piperidine rings is 1. The fourth-order valence-electron chi connectivity index (χ4n) is 1.55. The van der Waals surface area contributed by atoms with Gasteiger partial charge in [0.1, 0.15) is 0 Å². The van der Waals surface area contributed by atoms with Crippen LogP contribution in [0.15, 0.2) is 0 Å². The Labute approximate surface area is 98.6 Å². The zero-order valence-corrected chi connectivity index (χ0v) is 9.59. The number of rotatable bonds is 3. The van der Waals surface area contributed by atoms with Crippen LogP contribution in [0.1, 0.15) is 19.3 Å². The summed E-state index contributed by atoms with van der Waals surface area (Å²) < 4.78 is 35.4. The van der Waals surface area contributed by atoms with Crippen LogP contribution in [0, 0.1) is 5.92 Å². The third-order valence-corrected chi connectivity index (χ3v) is 2.38. The van der Waals surface area contributed by atoms with Crippen LogP contribution in [0.2, 0.25) is 0 Å². The first kappa shape index (κ1) is 15.5. The van der Waals surface area contributed by atoms with Crippen LogP contribution < -0.4 is 10.6 Å². The minimum atomic E-state index is -4.20. The second-order valence-corrected chi connectivity index (χ2v) is 3.70. The smallest absolute Gasteiger partial charge is 0.355 e. The highest BCUT2D eigenvalue weighted by atomic mass is 35.5. The molecule has 1 saturated heterocycles. The van der Waals surface area contributed by atoms with Crippen LogP contribution in [-0.2, 0) is 4.79 Å². The van der Waals surface area contributed by atoms with Crippen molar-refractivity contribution in [3.05, 3.63) is 0 Å². The van der Waals surface area contributed by atoms with Gasteiger partial charge in [-0.3, -0.25) is 4.79 Å².